The van der Waals surface area contributed by atoms with Crippen LogP contribution in [0.2, 0.25) is 0 Å². The molecule has 1 amide bonds. The fourth-order valence-electron chi connectivity index (χ4n) is 2.99. The summed E-state index contributed by atoms with van der Waals surface area (Å²) in [7, 11) is 0. The molecule has 0 bridgehead atoms. The van der Waals surface area contributed by atoms with Gasteiger partial charge in [0.2, 0.25) is 5.91 Å². The van der Waals surface area contributed by atoms with Gasteiger partial charge in [-0.05, 0) is 31.2 Å². The molecule has 0 radical (unpaired) electrons. The van der Waals surface area contributed by atoms with E-state index in [1.807, 2.05) is 23.1 Å². The van der Waals surface area contributed by atoms with Gasteiger partial charge in [-0.2, -0.15) is 0 Å². The van der Waals surface area contributed by atoms with Gasteiger partial charge in [-0.3, -0.25) is 10.1 Å². The van der Waals surface area contributed by atoms with E-state index in [-0.39, 0.29) is 17.6 Å². The molecule has 2 fully saturated rings. The van der Waals surface area contributed by atoms with Crippen molar-refractivity contribution < 1.29 is 9.53 Å². The Morgan fingerprint density at radius 1 is 1.29 bits per heavy atom. The first-order valence-electron chi connectivity index (χ1n) is 7.98. The highest BCUT2D eigenvalue weighted by Gasteiger charge is 2.59. The molecule has 2 aliphatic rings. The maximum Gasteiger partial charge on any atom is 0.244 e. The first kappa shape index (κ1) is 14.5. The SMILES string of the molecule is CCCOCCCN1C(=O)C2(CC2)NC1c1ccccc1. The molecule has 1 aromatic carbocycles. The Kier molecular flexibility index (Phi) is 4.27. The maximum absolute atomic E-state index is 12.6. The lowest BCUT2D eigenvalue weighted by atomic mass is 10.1. The van der Waals surface area contributed by atoms with E-state index in [4.69, 9.17) is 4.74 Å². The molecule has 1 saturated carbocycles. The first-order chi connectivity index (χ1) is 10.3. The standard InChI is InChI=1S/C17H24N2O2/c1-2-12-21-13-6-11-19-15(14-7-4-3-5-8-14)18-17(9-10-17)16(19)20/h3-5,7-8,15,18H,2,6,9-13H2,1H3. The lowest BCUT2D eigenvalue weighted by Crippen LogP contribution is -2.33. The predicted molar refractivity (Wildman–Crippen MR) is 81.7 cm³/mol. The molecule has 1 atom stereocenters. The summed E-state index contributed by atoms with van der Waals surface area (Å²) >= 11 is 0. The average Bonchev–Trinajstić information content (AvgIpc) is 3.25. The molecule has 21 heavy (non-hydrogen) atoms. The van der Waals surface area contributed by atoms with Crippen LogP contribution in [0.4, 0.5) is 0 Å². The van der Waals surface area contributed by atoms with Gasteiger partial charge in [-0.1, -0.05) is 37.3 Å². The van der Waals surface area contributed by atoms with Crippen LogP contribution in [0.25, 0.3) is 0 Å². The van der Waals surface area contributed by atoms with Crippen LogP contribution in [-0.4, -0.2) is 36.1 Å². The molecule has 4 heteroatoms. The summed E-state index contributed by atoms with van der Waals surface area (Å²) in [5.41, 5.74) is 0.911. The lowest BCUT2D eigenvalue weighted by Gasteiger charge is -2.24. The van der Waals surface area contributed by atoms with Crippen LogP contribution in [0.5, 0.6) is 0 Å². The zero-order valence-electron chi connectivity index (χ0n) is 12.7. The van der Waals surface area contributed by atoms with Crippen LogP contribution in [0, 0.1) is 0 Å². The number of nitrogens with one attached hydrogen (secondary N) is 1. The summed E-state index contributed by atoms with van der Waals surface area (Å²) in [4.78, 5) is 14.6. The normalized spacial score (nSPS) is 23.0. The van der Waals surface area contributed by atoms with Crippen molar-refractivity contribution in [1.29, 1.82) is 0 Å². The molecule has 1 heterocycles. The highest BCUT2D eigenvalue weighted by molar-refractivity contribution is 5.92. The minimum Gasteiger partial charge on any atom is -0.381 e. The summed E-state index contributed by atoms with van der Waals surface area (Å²) in [5.74, 6) is 0.270. The second-order valence-corrected chi connectivity index (χ2v) is 6.00. The fourth-order valence-corrected chi connectivity index (χ4v) is 2.99. The lowest BCUT2D eigenvalue weighted by molar-refractivity contribution is -0.131. The Bertz CT molecular complexity index is 485. The van der Waals surface area contributed by atoms with Crippen molar-refractivity contribution in [2.45, 2.75) is 44.3 Å². The number of benzene rings is 1. The number of nitrogens with zero attached hydrogens (tertiary/aromatic N) is 1. The van der Waals surface area contributed by atoms with E-state index >= 15 is 0 Å². The number of hydrogen-bond acceptors (Lipinski definition) is 3. The van der Waals surface area contributed by atoms with E-state index in [2.05, 4.69) is 24.4 Å². The van der Waals surface area contributed by atoms with Gasteiger partial charge in [0.1, 0.15) is 11.7 Å². The monoisotopic (exact) mass is 288 g/mol. The number of hydrogen-bond donors (Lipinski definition) is 1. The molecular weight excluding hydrogens is 264 g/mol. The number of carbonyl (C=O) groups excluding carboxylic acids is 1. The van der Waals surface area contributed by atoms with Crippen molar-refractivity contribution in [3.8, 4) is 0 Å². The third-order valence-electron chi connectivity index (χ3n) is 4.30. The molecule has 4 nitrogen and oxygen atoms in total. The van der Waals surface area contributed by atoms with E-state index in [1.165, 1.54) is 5.56 Å². The Labute approximate surface area is 126 Å². The molecule has 1 unspecified atom stereocenters. The first-order valence-corrected chi connectivity index (χ1v) is 7.98. The van der Waals surface area contributed by atoms with Gasteiger partial charge >= 0.3 is 0 Å². The van der Waals surface area contributed by atoms with Crippen LogP contribution in [0.3, 0.4) is 0 Å². The fraction of sp³-hybridized carbons (Fsp3) is 0.588. The topological polar surface area (TPSA) is 41.6 Å². The molecule has 1 aliphatic carbocycles. The summed E-state index contributed by atoms with van der Waals surface area (Å²) < 4.78 is 5.53. The largest absolute Gasteiger partial charge is 0.381 e. The molecule has 1 saturated heterocycles. The van der Waals surface area contributed by atoms with Crippen LogP contribution < -0.4 is 5.32 Å². The van der Waals surface area contributed by atoms with Gasteiger partial charge in [-0.25, -0.2) is 0 Å². The molecular formula is C17H24N2O2. The molecule has 1 aliphatic heterocycles. The molecule has 0 aromatic heterocycles. The predicted octanol–water partition coefficient (Wildman–Crippen LogP) is 2.47. The van der Waals surface area contributed by atoms with Gasteiger partial charge in [-0.15, -0.1) is 0 Å². The number of carbonyl (C=O) groups is 1. The van der Waals surface area contributed by atoms with Crippen LogP contribution in [0.1, 0.15) is 44.3 Å². The maximum atomic E-state index is 12.6. The molecule has 3 rings (SSSR count). The molecule has 1 spiro atoms. The molecule has 1 aromatic rings. The van der Waals surface area contributed by atoms with E-state index in [1.54, 1.807) is 0 Å². The Morgan fingerprint density at radius 3 is 2.71 bits per heavy atom. The molecule has 1 N–H and O–H groups in total. The average molecular weight is 288 g/mol. The van der Waals surface area contributed by atoms with E-state index < -0.39 is 0 Å². The third-order valence-corrected chi connectivity index (χ3v) is 4.30. The van der Waals surface area contributed by atoms with Crippen molar-refractivity contribution in [3.63, 3.8) is 0 Å². The van der Waals surface area contributed by atoms with Gasteiger partial charge < -0.3 is 9.64 Å². The van der Waals surface area contributed by atoms with Crippen molar-refractivity contribution in [2.24, 2.45) is 0 Å². The minimum absolute atomic E-state index is 0.0207. The highest BCUT2D eigenvalue weighted by atomic mass is 16.5. The zero-order chi connectivity index (χ0) is 14.7. The number of amides is 1. The van der Waals surface area contributed by atoms with Crippen molar-refractivity contribution >= 4 is 5.91 Å². The Balaban J connectivity index is 1.65. The summed E-state index contributed by atoms with van der Waals surface area (Å²) in [6, 6.07) is 10.2. The van der Waals surface area contributed by atoms with Crippen molar-refractivity contribution in [1.82, 2.24) is 10.2 Å². The van der Waals surface area contributed by atoms with Gasteiger partial charge in [0.15, 0.2) is 0 Å². The van der Waals surface area contributed by atoms with E-state index in [0.717, 1.165) is 45.4 Å². The van der Waals surface area contributed by atoms with Crippen LogP contribution >= 0.6 is 0 Å². The summed E-state index contributed by atoms with van der Waals surface area (Å²) in [6.45, 7) is 4.40. The summed E-state index contributed by atoms with van der Waals surface area (Å²) in [6.07, 6.45) is 3.90. The van der Waals surface area contributed by atoms with Gasteiger partial charge in [0, 0.05) is 19.8 Å². The molecule has 114 valence electrons. The number of ether oxygens (including phenoxy) is 1. The smallest absolute Gasteiger partial charge is 0.244 e. The third kappa shape index (κ3) is 2.97. The van der Waals surface area contributed by atoms with E-state index in [9.17, 15) is 4.79 Å². The van der Waals surface area contributed by atoms with Crippen molar-refractivity contribution in [2.75, 3.05) is 19.8 Å². The van der Waals surface area contributed by atoms with E-state index in [0.29, 0.717) is 0 Å². The highest BCUT2D eigenvalue weighted by Crippen LogP contribution is 2.45. The van der Waals surface area contributed by atoms with Gasteiger partial charge in [0.05, 0.1) is 0 Å². The Hall–Kier alpha value is -1.39. The van der Waals surface area contributed by atoms with Crippen molar-refractivity contribution in [3.05, 3.63) is 35.9 Å². The van der Waals surface area contributed by atoms with Crippen LogP contribution in [-0.2, 0) is 9.53 Å². The second kappa shape index (κ2) is 6.16. The summed E-state index contributed by atoms with van der Waals surface area (Å²) in [5, 5.41) is 3.55. The van der Waals surface area contributed by atoms with Gasteiger partial charge in [0.25, 0.3) is 0 Å². The minimum atomic E-state index is -0.259. The zero-order valence-corrected chi connectivity index (χ0v) is 12.7. The Morgan fingerprint density at radius 2 is 2.05 bits per heavy atom. The number of rotatable bonds is 7. The second-order valence-electron chi connectivity index (χ2n) is 6.00. The quantitative estimate of drug-likeness (QED) is 0.784. The van der Waals surface area contributed by atoms with Crippen LogP contribution in [0.15, 0.2) is 30.3 Å².